The highest BCUT2D eigenvalue weighted by Crippen LogP contribution is 2.15. The average molecular weight is 214 g/mol. The standard InChI is InChI=1S/C10H10N6/c1-7-8(15-6-2-5-12-15)3-4-9-13-10(11)14-16(7)9/h2-6H,1H3,(H2,11,14). The molecule has 0 radical (unpaired) electrons. The van der Waals surface area contributed by atoms with E-state index in [-0.39, 0.29) is 5.95 Å². The maximum Gasteiger partial charge on any atom is 0.240 e. The molecular formula is C10H10N6. The van der Waals surface area contributed by atoms with Gasteiger partial charge in [-0.05, 0) is 25.1 Å². The van der Waals surface area contributed by atoms with E-state index in [0.717, 1.165) is 17.0 Å². The number of rotatable bonds is 1. The summed E-state index contributed by atoms with van der Waals surface area (Å²) in [4.78, 5) is 4.10. The summed E-state index contributed by atoms with van der Waals surface area (Å²) < 4.78 is 3.50. The molecule has 0 atom stereocenters. The van der Waals surface area contributed by atoms with Gasteiger partial charge in [0.05, 0.1) is 11.4 Å². The quantitative estimate of drug-likeness (QED) is 0.650. The Morgan fingerprint density at radius 2 is 2.19 bits per heavy atom. The molecule has 0 bridgehead atoms. The van der Waals surface area contributed by atoms with Crippen molar-refractivity contribution < 1.29 is 0 Å². The van der Waals surface area contributed by atoms with E-state index in [4.69, 9.17) is 5.73 Å². The number of nitrogen functional groups attached to an aromatic ring is 1. The molecule has 6 heteroatoms. The first-order chi connectivity index (χ1) is 7.75. The minimum absolute atomic E-state index is 0.278. The van der Waals surface area contributed by atoms with Crippen molar-refractivity contribution in [1.29, 1.82) is 0 Å². The molecular weight excluding hydrogens is 204 g/mol. The third-order valence-electron chi connectivity index (χ3n) is 2.48. The predicted octanol–water partition coefficient (Wildman–Crippen LogP) is 0.806. The second-order valence-electron chi connectivity index (χ2n) is 3.49. The van der Waals surface area contributed by atoms with Crippen LogP contribution in [-0.4, -0.2) is 24.4 Å². The van der Waals surface area contributed by atoms with E-state index in [1.807, 2.05) is 31.3 Å². The Hall–Kier alpha value is -2.37. The van der Waals surface area contributed by atoms with Gasteiger partial charge in [-0.15, -0.1) is 5.10 Å². The molecule has 3 rings (SSSR count). The lowest BCUT2D eigenvalue weighted by molar-refractivity contribution is 0.830. The summed E-state index contributed by atoms with van der Waals surface area (Å²) in [5.41, 5.74) is 8.21. The number of nitrogens with two attached hydrogens (primary N) is 1. The summed E-state index contributed by atoms with van der Waals surface area (Å²) in [5.74, 6) is 0.278. The zero-order chi connectivity index (χ0) is 11.1. The Morgan fingerprint density at radius 1 is 1.31 bits per heavy atom. The summed E-state index contributed by atoms with van der Waals surface area (Å²) in [5, 5.41) is 8.31. The maximum atomic E-state index is 5.56. The molecule has 0 saturated carbocycles. The first-order valence-corrected chi connectivity index (χ1v) is 4.87. The zero-order valence-electron chi connectivity index (χ0n) is 8.70. The lowest BCUT2D eigenvalue weighted by Gasteiger charge is -2.06. The van der Waals surface area contributed by atoms with Gasteiger partial charge in [-0.25, -0.2) is 9.20 Å². The molecule has 0 spiro atoms. The fourth-order valence-electron chi connectivity index (χ4n) is 1.73. The molecule has 3 aromatic rings. The Morgan fingerprint density at radius 3 is 2.94 bits per heavy atom. The predicted molar refractivity (Wildman–Crippen MR) is 59.3 cm³/mol. The second-order valence-corrected chi connectivity index (χ2v) is 3.49. The van der Waals surface area contributed by atoms with Crippen molar-refractivity contribution in [2.45, 2.75) is 6.92 Å². The molecule has 3 heterocycles. The second kappa shape index (κ2) is 3.06. The Labute approximate surface area is 91.3 Å². The summed E-state index contributed by atoms with van der Waals surface area (Å²) in [6.45, 7) is 1.96. The van der Waals surface area contributed by atoms with Gasteiger partial charge < -0.3 is 5.73 Å². The van der Waals surface area contributed by atoms with Crippen LogP contribution in [0.4, 0.5) is 5.95 Å². The van der Waals surface area contributed by atoms with Gasteiger partial charge in [-0.2, -0.15) is 10.1 Å². The Balaban J connectivity index is 2.31. The largest absolute Gasteiger partial charge is 0.366 e. The van der Waals surface area contributed by atoms with E-state index < -0.39 is 0 Å². The maximum absolute atomic E-state index is 5.56. The van der Waals surface area contributed by atoms with Crippen LogP contribution in [0.3, 0.4) is 0 Å². The van der Waals surface area contributed by atoms with Crippen molar-refractivity contribution in [3.8, 4) is 5.69 Å². The van der Waals surface area contributed by atoms with Crippen LogP contribution >= 0.6 is 0 Å². The minimum Gasteiger partial charge on any atom is -0.366 e. The molecule has 0 aliphatic carbocycles. The van der Waals surface area contributed by atoms with Gasteiger partial charge in [0.25, 0.3) is 0 Å². The summed E-state index contributed by atoms with van der Waals surface area (Å²) in [7, 11) is 0. The summed E-state index contributed by atoms with van der Waals surface area (Å²) in [6, 6.07) is 5.69. The van der Waals surface area contributed by atoms with Gasteiger partial charge in [-0.1, -0.05) is 0 Å². The lowest BCUT2D eigenvalue weighted by atomic mass is 10.3. The van der Waals surface area contributed by atoms with Crippen LogP contribution in [0.1, 0.15) is 5.69 Å². The molecule has 0 saturated heterocycles. The van der Waals surface area contributed by atoms with E-state index in [1.54, 1.807) is 15.4 Å². The highest BCUT2D eigenvalue weighted by Gasteiger charge is 2.08. The van der Waals surface area contributed by atoms with Crippen LogP contribution in [0, 0.1) is 6.92 Å². The van der Waals surface area contributed by atoms with Gasteiger partial charge in [0.2, 0.25) is 5.95 Å². The van der Waals surface area contributed by atoms with Crippen molar-refractivity contribution in [2.24, 2.45) is 0 Å². The van der Waals surface area contributed by atoms with Crippen LogP contribution in [-0.2, 0) is 0 Å². The number of hydrogen-bond donors (Lipinski definition) is 1. The summed E-state index contributed by atoms with van der Waals surface area (Å²) >= 11 is 0. The highest BCUT2D eigenvalue weighted by molar-refractivity contribution is 5.49. The molecule has 0 aliphatic rings. The van der Waals surface area contributed by atoms with Gasteiger partial charge in [0, 0.05) is 12.4 Å². The smallest absolute Gasteiger partial charge is 0.240 e. The van der Waals surface area contributed by atoms with Crippen molar-refractivity contribution in [3.63, 3.8) is 0 Å². The molecule has 3 aromatic heterocycles. The van der Waals surface area contributed by atoms with E-state index in [1.165, 1.54) is 0 Å². The lowest BCUT2D eigenvalue weighted by Crippen LogP contribution is -2.03. The highest BCUT2D eigenvalue weighted by atomic mass is 15.3. The average Bonchev–Trinajstić information content (AvgIpc) is 2.86. The first kappa shape index (κ1) is 8.90. The van der Waals surface area contributed by atoms with Crippen molar-refractivity contribution in [1.82, 2.24) is 24.4 Å². The van der Waals surface area contributed by atoms with Crippen molar-refractivity contribution in [3.05, 3.63) is 36.3 Å². The Kier molecular flexibility index (Phi) is 1.70. The fraction of sp³-hybridized carbons (Fsp3) is 0.100. The molecule has 0 aliphatic heterocycles. The van der Waals surface area contributed by atoms with E-state index in [9.17, 15) is 0 Å². The number of nitrogens with zero attached hydrogens (tertiary/aromatic N) is 5. The van der Waals surface area contributed by atoms with Crippen LogP contribution in [0.5, 0.6) is 0 Å². The number of hydrogen-bond acceptors (Lipinski definition) is 4. The topological polar surface area (TPSA) is 74.0 Å². The van der Waals surface area contributed by atoms with Crippen LogP contribution in [0.15, 0.2) is 30.6 Å². The summed E-state index contributed by atoms with van der Waals surface area (Å²) in [6.07, 6.45) is 3.62. The molecule has 6 nitrogen and oxygen atoms in total. The van der Waals surface area contributed by atoms with Crippen LogP contribution in [0.25, 0.3) is 11.3 Å². The van der Waals surface area contributed by atoms with Crippen LogP contribution < -0.4 is 5.73 Å². The molecule has 0 aromatic carbocycles. The third-order valence-corrected chi connectivity index (χ3v) is 2.48. The molecule has 0 unspecified atom stereocenters. The van der Waals surface area contributed by atoms with E-state index in [0.29, 0.717) is 0 Å². The Bertz CT molecular complexity index is 637. The SMILES string of the molecule is Cc1c(-n2cccn2)ccc2nc(N)nn12. The normalized spacial score (nSPS) is 11.1. The van der Waals surface area contributed by atoms with Gasteiger partial charge >= 0.3 is 0 Å². The minimum atomic E-state index is 0.278. The molecule has 0 fully saturated rings. The number of aryl methyl sites for hydroxylation is 1. The monoisotopic (exact) mass is 214 g/mol. The number of pyridine rings is 1. The van der Waals surface area contributed by atoms with Crippen LogP contribution in [0.2, 0.25) is 0 Å². The van der Waals surface area contributed by atoms with Gasteiger partial charge in [0.15, 0.2) is 5.65 Å². The molecule has 2 N–H and O–H groups in total. The number of fused-ring (bicyclic) bond motifs is 1. The fourth-order valence-corrected chi connectivity index (χ4v) is 1.73. The van der Waals surface area contributed by atoms with E-state index in [2.05, 4.69) is 15.2 Å². The molecule has 80 valence electrons. The van der Waals surface area contributed by atoms with Crippen molar-refractivity contribution in [2.75, 3.05) is 5.73 Å². The number of anilines is 1. The third kappa shape index (κ3) is 1.16. The van der Waals surface area contributed by atoms with Gasteiger partial charge in [-0.3, -0.25) is 0 Å². The molecule has 16 heavy (non-hydrogen) atoms. The van der Waals surface area contributed by atoms with Gasteiger partial charge in [0.1, 0.15) is 0 Å². The van der Waals surface area contributed by atoms with Crippen molar-refractivity contribution >= 4 is 11.6 Å². The zero-order valence-corrected chi connectivity index (χ0v) is 8.70. The molecule has 0 amide bonds. The first-order valence-electron chi connectivity index (χ1n) is 4.87. The van der Waals surface area contributed by atoms with E-state index >= 15 is 0 Å². The number of aromatic nitrogens is 5.